The van der Waals surface area contributed by atoms with Crippen molar-refractivity contribution in [1.82, 2.24) is 20.3 Å². The molecule has 1 atom stereocenters. The standard InChI is InChI=1S/C20H35N5O3S/c1-4-21-20(22-11-8-12-24-29(3,26)27)23-16-19(25-13-5-6-14-25)17-9-7-10-18(15-17)28-2/h7,9-10,15,19,24H,4-6,8,11-14,16H2,1-3H3,(H2,21,22,23). The summed E-state index contributed by atoms with van der Waals surface area (Å²) in [5.74, 6) is 1.61. The second-order valence-corrected chi connectivity index (χ2v) is 9.03. The van der Waals surface area contributed by atoms with Gasteiger partial charge in [0.1, 0.15) is 5.75 Å². The molecule has 0 aromatic heterocycles. The summed E-state index contributed by atoms with van der Waals surface area (Å²) in [5.41, 5.74) is 1.21. The molecular weight excluding hydrogens is 390 g/mol. The van der Waals surface area contributed by atoms with Crippen LogP contribution in [-0.2, 0) is 10.0 Å². The number of hydrogen-bond donors (Lipinski definition) is 3. The van der Waals surface area contributed by atoms with Crippen LogP contribution in [0, 0.1) is 0 Å². The number of benzene rings is 1. The maximum absolute atomic E-state index is 11.1. The molecule has 0 amide bonds. The number of sulfonamides is 1. The van der Waals surface area contributed by atoms with Gasteiger partial charge in [0.05, 0.1) is 26.0 Å². The molecule has 3 N–H and O–H groups in total. The van der Waals surface area contributed by atoms with E-state index in [0.29, 0.717) is 26.1 Å². The van der Waals surface area contributed by atoms with Crippen molar-refractivity contribution in [2.24, 2.45) is 4.99 Å². The molecule has 0 saturated carbocycles. The van der Waals surface area contributed by atoms with E-state index in [0.717, 1.165) is 31.3 Å². The molecule has 1 aromatic rings. The summed E-state index contributed by atoms with van der Waals surface area (Å²) in [6.07, 6.45) is 4.29. The van der Waals surface area contributed by atoms with E-state index < -0.39 is 10.0 Å². The van der Waals surface area contributed by atoms with Crippen LogP contribution >= 0.6 is 0 Å². The monoisotopic (exact) mass is 425 g/mol. The van der Waals surface area contributed by atoms with Crippen LogP contribution in [0.3, 0.4) is 0 Å². The maximum Gasteiger partial charge on any atom is 0.208 e. The molecule has 2 rings (SSSR count). The van der Waals surface area contributed by atoms with E-state index in [-0.39, 0.29) is 6.04 Å². The number of guanidine groups is 1. The first-order valence-corrected chi connectivity index (χ1v) is 12.2. The van der Waals surface area contributed by atoms with E-state index in [4.69, 9.17) is 9.73 Å². The number of nitrogens with one attached hydrogen (secondary N) is 3. The maximum atomic E-state index is 11.1. The number of hydrogen-bond acceptors (Lipinski definition) is 5. The topological polar surface area (TPSA) is 95.1 Å². The predicted molar refractivity (Wildman–Crippen MR) is 118 cm³/mol. The van der Waals surface area contributed by atoms with Crippen molar-refractivity contribution in [2.45, 2.75) is 32.2 Å². The molecule has 0 radical (unpaired) electrons. The summed E-state index contributed by atoms with van der Waals surface area (Å²) in [5, 5.41) is 6.55. The molecule has 1 fully saturated rings. The molecule has 1 unspecified atom stereocenters. The molecule has 164 valence electrons. The number of ether oxygens (including phenoxy) is 1. The highest BCUT2D eigenvalue weighted by atomic mass is 32.2. The van der Waals surface area contributed by atoms with E-state index >= 15 is 0 Å². The van der Waals surface area contributed by atoms with Crippen molar-refractivity contribution in [3.63, 3.8) is 0 Å². The molecule has 9 heteroatoms. The lowest BCUT2D eigenvalue weighted by atomic mass is 10.1. The Morgan fingerprint density at radius 1 is 1.24 bits per heavy atom. The summed E-state index contributed by atoms with van der Waals surface area (Å²) in [6.45, 7) is 6.65. The van der Waals surface area contributed by atoms with Crippen molar-refractivity contribution in [2.75, 3.05) is 52.6 Å². The zero-order valence-electron chi connectivity index (χ0n) is 17.8. The Kier molecular flexibility index (Phi) is 9.69. The lowest BCUT2D eigenvalue weighted by Gasteiger charge is -2.27. The Balaban J connectivity index is 2.01. The number of likely N-dealkylation sites (tertiary alicyclic amines) is 1. The summed E-state index contributed by atoms with van der Waals surface area (Å²) in [7, 11) is -1.45. The minimum absolute atomic E-state index is 0.204. The third kappa shape index (κ3) is 8.59. The Labute approximate surface area is 175 Å². The summed E-state index contributed by atoms with van der Waals surface area (Å²) in [6, 6.07) is 8.42. The van der Waals surface area contributed by atoms with Crippen molar-refractivity contribution < 1.29 is 13.2 Å². The fourth-order valence-corrected chi connectivity index (χ4v) is 3.92. The van der Waals surface area contributed by atoms with E-state index in [1.54, 1.807) is 7.11 Å². The summed E-state index contributed by atoms with van der Waals surface area (Å²) in [4.78, 5) is 7.29. The van der Waals surface area contributed by atoms with Gasteiger partial charge in [-0.25, -0.2) is 13.1 Å². The van der Waals surface area contributed by atoms with Gasteiger partial charge in [-0.15, -0.1) is 0 Å². The van der Waals surface area contributed by atoms with Gasteiger partial charge in [-0.05, 0) is 57.0 Å². The number of aliphatic imine (C=N–C) groups is 1. The first-order valence-electron chi connectivity index (χ1n) is 10.3. The number of methoxy groups -OCH3 is 1. The third-order valence-electron chi connectivity index (χ3n) is 4.84. The number of rotatable bonds is 11. The SMILES string of the molecule is CCNC(=NCC(c1cccc(OC)c1)N1CCCC1)NCCCNS(C)(=O)=O. The molecule has 1 aliphatic heterocycles. The molecule has 1 aliphatic rings. The Morgan fingerprint density at radius 2 is 2.00 bits per heavy atom. The van der Waals surface area contributed by atoms with Crippen LogP contribution in [0.1, 0.15) is 37.8 Å². The van der Waals surface area contributed by atoms with E-state index in [1.165, 1.54) is 24.7 Å². The van der Waals surface area contributed by atoms with Crippen molar-refractivity contribution in [3.8, 4) is 5.75 Å². The van der Waals surface area contributed by atoms with Gasteiger partial charge >= 0.3 is 0 Å². The van der Waals surface area contributed by atoms with Crippen molar-refractivity contribution >= 4 is 16.0 Å². The molecule has 0 bridgehead atoms. The van der Waals surface area contributed by atoms with E-state index in [2.05, 4.69) is 32.4 Å². The predicted octanol–water partition coefficient (Wildman–Crippen LogP) is 1.33. The zero-order valence-corrected chi connectivity index (χ0v) is 18.6. The lowest BCUT2D eigenvalue weighted by Crippen LogP contribution is -2.39. The average Bonchev–Trinajstić information content (AvgIpc) is 3.21. The highest BCUT2D eigenvalue weighted by molar-refractivity contribution is 7.88. The second-order valence-electron chi connectivity index (χ2n) is 7.20. The first-order chi connectivity index (χ1) is 13.9. The van der Waals surface area contributed by atoms with Crippen LogP contribution in [0.5, 0.6) is 5.75 Å². The van der Waals surface area contributed by atoms with Gasteiger partial charge in [-0.3, -0.25) is 9.89 Å². The molecule has 1 saturated heterocycles. The second kappa shape index (κ2) is 12.0. The van der Waals surface area contributed by atoms with Crippen LogP contribution < -0.4 is 20.1 Å². The molecule has 1 heterocycles. The van der Waals surface area contributed by atoms with Crippen LogP contribution in [0.2, 0.25) is 0 Å². The summed E-state index contributed by atoms with van der Waals surface area (Å²) >= 11 is 0. The van der Waals surface area contributed by atoms with Crippen molar-refractivity contribution in [1.29, 1.82) is 0 Å². The van der Waals surface area contributed by atoms with Gasteiger partial charge in [0.25, 0.3) is 0 Å². The smallest absolute Gasteiger partial charge is 0.208 e. The fourth-order valence-electron chi connectivity index (χ4n) is 3.41. The Bertz CT molecular complexity index is 748. The van der Waals surface area contributed by atoms with Gasteiger partial charge in [0.2, 0.25) is 10.0 Å². The van der Waals surface area contributed by atoms with Gasteiger partial charge in [-0.1, -0.05) is 12.1 Å². The van der Waals surface area contributed by atoms with E-state index in [1.807, 2.05) is 19.1 Å². The molecule has 29 heavy (non-hydrogen) atoms. The third-order valence-corrected chi connectivity index (χ3v) is 5.57. The Hall–Kier alpha value is -1.84. The molecule has 0 aliphatic carbocycles. The zero-order chi connectivity index (χ0) is 21.1. The van der Waals surface area contributed by atoms with Crippen LogP contribution in [0.4, 0.5) is 0 Å². The van der Waals surface area contributed by atoms with E-state index in [9.17, 15) is 8.42 Å². The molecule has 0 spiro atoms. The minimum Gasteiger partial charge on any atom is -0.497 e. The normalized spacial score (nSPS) is 16.6. The number of nitrogens with zero attached hydrogens (tertiary/aromatic N) is 2. The summed E-state index contributed by atoms with van der Waals surface area (Å²) < 4.78 is 30.2. The molecular formula is C20H35N5O3S. The lowest BCUT2D eigenvalue weighted by molar-refractivity contribution is 0.251. The van der Waals surface area contributed by atoms with Gasteiger partial charge in [-0.2, -0.15) is 0 Å². The molecule has 8 nitrogen and oxygen atoms in total. The molecule has 1 aromatic carbocycles. The van der Waals surface area contributed by atoms with Gasteiger partial charge in [0.15, 0.2) is 5.96 Å². The van der Waals surface area contributed by atoms with Crippen LogP contribution in [0.25, 0.3) is 0 Å². The van der Waals surface area contributed by atoms with Gasteiger partial charge < -0.3 is 15.4 Å². The first kappa shape index (κ1) is 23.4. The average molecular weight is 426 g/mol. The highest BCUT2D eigenvalue weighted by Gasteiger charge is 2.23. The largest absolute Gasteiger partial charge is 0.497 e. The van der Waals surface area contributed by atoms with Crippen molar-refractivity contribution in [3.05, 3.63) is 29.8 Å². The van der Waals surface area contributed by atoms with Gasteiger partial charge in [0, 0.05) is 19.6 Å². The quantitative estimate of drug-likeness (QED) is 0.281. The fraction of sp³-hybridized carbons (Fsp3) is 0.650. The highest BCUT2D eigenvalue weighted by Crippen LogP contribution is 2.27. The minimum atomic E-state index is -3.14. The van der Waals surface area contributed by atoms with Crippen LogP contribution in [-0.4, -0.2) is 71.9 Å². The van der Waals surface area contributed by atoms with Crippen LogP contribution in [0.15, 0.2) is 29.3 Å². The Morgan fingerprint density at radius 3 is 2.66 bits per heavy atom.